The quantitative estimate of drug-likeness (QED) is 0.697. The van der Waals surface area contributed by atoms with Crippen molar-refractivity contribution in [2.45, 2.75) is 30.2 Å². The molecule has 0 aromatic carbocycles. The maximum absolute atomic E-state index is 12.6. The number of likely N-dealkylation sites (N-methyl/N-ethyl adjacent to an activating group) is 1. The first-order valence-electron chi connectivity index (χ1n) is 9.10. The molecule has 0 unspecified atom stereocenters. The molecular weight excluding hydrogens is 346 g/mol. The molecule has 1 aliphatic heterocycles. The Balaban J connectivity index is 1.57. The van der Waals surface area contributed by atoms with Crippen LogP contribution in [0.5, 0.6) is 0 Å². The summed E-state index contributed by atoms with van der Waals surface area (Å²) in [5.74, 6) is 2.14. The SMILES string of the molecule is CN(C)CCn1ccnc1[C@@H]1CCCN(C(=O)CSc2ccncc2)C1. The van der Waals surface area contributed by atoms with Gasteiger partial charge in [0.2, 0.25) is 5.91 Å². The van der Waals surface area contributed by atoms with E-state index in [1.807, 2.05) is 23.2 Å². The minimum atomic E-state index is 0.211. The molecule has 1 fully saturated rings. The zero-order chi connectivity index (χ0) is 18.4. The van der Waals surface area contributed by atoms with Gasteiger partial charge in [0.05, 0.1) is 5.75 Å². The van der Waals surface area contributed by atoms with Crippen molar-refractivity contribution < 1.29 is 4.79 Å². The van der Waals surface area contributed by atoms with E-state index in [0.29, 0.717) is 11.7 Å². The summed E-state index contributed by atoms with van der Waals surface area (Å²) in [6, 6.07) is 3.89. The number of aromatic nitrogens is 3. The predicted molar refractivity (Wildman–Crippen MR) is 104 cm³/mol. The fourth-order valence-electron chi connectivity index (χ4n) is 3.26. The number of nitrogens with zero attached hydrogens (tertiary/aromatic N) is 5. The van der Waals surface area contributed by atoms with Gasteiger partial charge in [0, 0.05) is 61.8 Å². The number of carbonyl (C=O) groups excluding carboxylic acids is 1. The van der Waals surface area contributed by atoms with Crippen molar-refractivity contribution in [3.8, 4) is 0 Å². The molecule has 1 amide bonds. The normalized spacial score (nSPS) is 17.7. The Morgan fingerprint density at radius 3 is 2.88 bits per heavy atom. The fraction of sp³-hybridized carbons (Fsp3) is 0.526. The second-order valence-corrected chi connectivity index (χ2v) is 7.98. The molecule has 0 N–H and O–H groups in total. The number of likely N-dealkylation sites (tertiary alicyclic amines) is 1. The largest absolute Gasteiger partial charge is 0.341 e. The number of piperidine rings is 1. The van der Waals surface area contributed by atoms with Gasteiger partial charge in [-0.25, -0.2) is 4.98 Å². The van der Waals surface area contributed by atoms with Crippen molar-refractivity contribution in [2.24, 2.45) is 0 Å². The van der Waals surface area contributed by atoms with Crippen LogP contribution in [0.4, 0.5) is 0 Å². The van der Waals surface area contributed by atoms with Crippen LogP contribution in [0.2, 0.25) is 0 Å². The highest BCUT2D eigenvalue weighted by Gasteiger charge is 2.27. The Morgan fingerprint density at radius 1 is 1.31 bits per heavy atom. The Kier molecular flexibility index (Phi) is 6.68. The molecule has 3 rings (SSSR count). The van der Waals surface area contributed by atoms with E-state index in [4.69, 9.17) is 0 Å². The lowest BCUT2D eigenvalue weighted by Gasteiger charge is -2.32. The third-order valence-corrected chi connectivity index (χ3v) is 5.68. The van der Waals surface area contributed by atoms with Gasteiger partial charge < -0.3 is 14.4 Å². The number of rotatable bonds is 7. The van der Waals surface area contributed by atoms with Crippen LogP contribution in [-0.4, -0.2) is 69.7 Å². The van der Waals surface area contributed by atoms with E-state index < -0.39 is 0 Å². The molecule has 0 saturated carbocycles. The van der Waals surface area contributed by atoms with Crippen LogP contribution in [0.15, 0.2) is 41.8 Å². The van der Waals surface area contributed by atoms with Crippen molar-refractivity contribution in [2.75, 3.05) is 39.5 Å². The first kappa shape index (κ1) is 18.9. The van der Waals surface area contributed by atoms with Gasteiger partial charge >= 0.3 is 0 Å². The number of carbonyl (C=O) groups is 1. The van der Waals surface area contributed by atoms with Crippen molar-refractivity contribution >= 4 is 17.7 Å². The van der Waals surface area contributed by atoms with Gasteiger partial charge in [0.15, 0.2) is 0 Å². The minimum Gasteiger partial charge on any atom is -0.341 e. The Hall–Kier alpha value is -1.86. The zero-order valence-electron chi connectivity index (χ0n) is 15.5. The van der Waals surface area contributed by atoms with Gasteiger partial charge in [-0.1, -0.05) is 0 Å². The summed E-state index contributed by atoms with van der Waals surface area (Å²) >= 11 is 1.58. The average Bonchev–Trinajstić information content (AvgIpc) is 3.14. The summed E-state index contributed by atoms with van der Waals surface area (Å²) in [6.07, 6.45) is 9.59. The predicted octanol–water partition coefficient (Wildman–Crippen LogP) is 2.34. The molecule has 2 aromatic rings. The lowest BCUT2D eigenvalue weighted by atomic mass is 9.97. The molecule has 0 radical (unpaired) electrons. The topological polar surface area (TPSA) is 54.3 Å². The third kappa shape index (κ3) is 5.08. The molecule has 1 aliphatic rings. The fourth-order valence-corrected chi connectivity index (χ4v) is 4.05. The van der Waals surface area contributed by atoms with Crippen LogP contribution in [0.3, 0.4) is 0 Å². The highest BCUT2D eigenvalue weighted by Crippen LogP contribution is 2.27. The molecular formula is C19H27N5OS. The van der Waals surface area contributed by atoms with Gasteiger partial charge in [-0.05, 0) is 39.1 Å². The monoisotopic (exact) mass is 373 g/mol. The molecule has 1 saturated heterocycles. The molecule has 0 spiro atoms. The second kappa shape index (κ2) is 9.19. The molecule has 26 heavy (non-hydrogen) atoms. The third-order valence-electron chi connectivity index (χ3n) is 4.69. The van der Waals surface area contributed by atoms with Gasteiger partial charge in [-0.2, -0.15) is 0 Å². The maximum atomic E-state index is 12.6. The van der Waals surface area contributed by atoms with Crippen molar-refractivity contribution in [1.82, 2.24) is 24.3 Å². The van der Waals surface area contributed by atoms with Gasteiger partial charge in [-0.15, -0.1) is 11.8 Å². The summed E-state index contributed by atoms with van der Waals surface area (Å²) < 4.78 is 2.24. The highest BCUT2D eigenvalue weighted by atomic mass is 32.2. The molecule has 0 aliphatic carbocycles. The smallest absolute Gasteiger partial charge is 0.232 e. The number of imidazole rings is 1. The lowest BCUT2D eigenvalue weighted by Crippen LogP contribution is -2.40. The van der Waals surface area contributed by atoms with E-state index in [1.54, 1.807) is 24.2 Å². The van der Waals surface area contributed by atoms with Crippen LogP contribution < -0.4 is 0 Å². The molecule has 7 heteroatoms. The molecule has 6 nitrogen and oxygen atoms in total. The first-order chi connectivity index (χ1) is 12.6. The highest BCUT2D eigenvalue weighted by molar-refractivity contribution is 8.00. The van der Waals surface area contributed by atoms with Gasteiger partial charge in [0.25, 0.3) is 0 Å². The molecule has 0 bridgehead atoms. The summed E-state index contributed by atoms with van der Waals surface area (Å²) in [4.78, 5) is 26.5. The molecule has 1 atom stereocenters. The zero-order valence-corrected chi connectivity index (χ0v) is 16.4. The maximum Gasteiger partial charge on any atom is 0.232 e. The standard InChI is InChI=1S/C19H27N5OS/c1-22(2)12-13-23-11-9-21-19(23)16-4-3-10-24(14-16)18(25)15-26-17-5-7-20-8-6-17/h5-9,11,16H,3-4,10,12-15H2,1-2H3/t16-/m1/s1. The van der Waals surface area contributed by atoms with Crippen molar-refractivity contribution in [3.05, 3.63) is 42.7 Å². The number of thioether (sulfide) groups is 1. The Labute approximate surface area is 159 Å². The summed E-state index contributed by atoms with van der Waals surface area (Å²) in [5, 5.41) is 0. The van der Waals surface area contributed by atoms with Gasteiger partial charge in [-0.3, -0.25) is 9.78 Å². The Bertz CT molecular complexity index is 703. The Morgan fingerprint density at radius 2 is 2.12 bits per heavy atom. The first-order valence-corrected chi connectivity index (χ1v) is 10.1. The number of hydrogen-bond donors (Lipinski definition) is 0. The molecule has 140 valence electrons. The summed E-state index contributed by atoms with van der Waals surface area (Å²) in [7, 11) is 4.16. The van der Waals surface area contributed by atoms with E-state index in [2.05, 4.69) is 39.7 Å². The van der Waals surface area contributed by atoms with Crippen molar-refractivity contribution in [1.29, 1.82) is 0 Å². The van der Waals surface area contributed by atoms with Crippen LogP contribution >= 0.6 is 11.8 Å². The average molecular weight is 374 g/mol. The minimum absolute atomic E-state index is 0.211. The van der Waals surface area contributed by atoms with Gasteiger partial charge in [0.1, 0.15) is 5.82 Å². The summed E-state index contributed by atoms with van der Waals surface area (Å²) in [5.41, 5.74) is 0. The van der Waals surface area contributed by atoms with E-state index >= 15 is 0 Å². The van der Waals surface area contributed by atoms with Crippen LogP contribution in [0.1, 0.15) is 24.6 Å². The number of amides is 1. The summed E-state index contributed by atoms with van der Waals surface area (Å²) in [6.45, 7) is 3.55. The molecule has 2 aromatic heterocycles. The van der Waals surface area contributed by atoms with Crippen LogP contribution in [-0.2, 0) is 11.3 Å². The number of hydrogen-bond acceptors (Lipinski definition) is 5. The van der Waals surface area contributed by atoms with E-state index in [1.165, 1.54) is 0 Å². The van der Waals surface area contributed by atoms with E-state index in [-0.39, 0.29) is 5.91 Å². The van der Waals surface area contributed by atoms with Crippen LogP contribution in [0, 0.1) is 0 Å². The number of pyridine rings is 1. The van der Waals surface area contributed by atoms with E-state index in [9.17, 15) is 4.79 Å². The van der Waals surface area contributed by atoms with Crippen LogP contribution in [0.25, 0.3) is 0 Å². The van der Waals surface area contributed by atoms with E-state index in [0.717, 1.165) is 49.7 Å². The molecule has 3 heterocycles. The second-order valence-electron chi connectivity index (χ2n) is 6.93. The lowest BCUT2D eigenvalue weighted by molar-refractivity contribution is -0.129. The van der Waals surface area contributed by atoms with Crippen molar-refractivity contribution in [3.63, 3.8) is 0 Å².